The van der Waals surface area contributed by atoms with Crippen molar-refractivity contribution in [3.05, 3.63) is 33.8 Å². The minimum absolute atomic E-state index is 0.221. The van der Waals surface area contributed by atoms with Gasteiger partial charge in [-0.05, 0) is 56.5 Å². The molecule has 0 spiro atoms. The molecule has 0 heterocycles. The Balaban J connectivity index is 2.31. The molecule has 18 heavy (non-hydrogen) atoms. The summed E-state index contributed by atoms with van der Waals surface area (Å²) >= 11 is 12.1. The van der Waals surface area contributed by atoms with Gasteiger partial charge in [0.05, 0.1) is 0 Å². The van der Waals surface area contributed by atoms with Gasteiger partial charge in [-0.1, -0.05) is 23.2 Å². The molecule has 0 aliphatic carbocycles. The predicted octanol–water partition coefficient (Wildman–Crippen LogP) is 4.46. The summed E-state index contributed by atoms with van der Waals surface area (Å²) in [7, 11) is 1.74. The van der Waals surface area contributed by atoms with Crippen LogP contribution in [0, 0.1) is 0 Å². The largest absolute Gasteiger partial charge is 0.385 e. The van der Waals surface area contributed by atoms with E-state index in [1.165, 1.54) is 6.42 Å². The minimum Gasteiger partial charge on any atom is -0.385 e. The number of benzene rings is 1. The Labute approximate surface area is 120 Å². The molecule has 0 bridgehead atoms. The zero-order chi connectivity index (χ0) is 13.4. The van der Waals surface area contributed by atoms with Crippen LogP contribution in [0.3, 0.4) is 0 Å². The van der Waals surface area contributed by atoms with E-state index in [-0.39, 0.29) is 6.04 Å². The summed E-state index contributed by atoms with van der Waals surface area (Å²) in [5.74, 6) is 0. The van der Waals surface area contributed by atoms with E-state index in [1.807, 2.05) is 18.2 Å². The lowest BCUT2D eigenvalue weighted by atomic mass is 10.1. The normalized spacial score (nSPS) is 12.7. The van der Waals surface area contributed by atoms with Gasteiger partial charge >= 0.3 is 0 Å². The molecule has 1 aromatic carbocycles. The highest BCUT2D eigenvalue weighted by Crippen LogP contribution is 2.26. The van der Waals surface area contributed by atoms with Gasteiger partial charge in [0.1, 0.15) is 0 Å². The first-order chi connectivity index (χ1) is 8.65. The van der Waals surface area contributed by atoms with Crippen molar-refractivity contribution in [2.45, 2.75) is 32.2 Å². The van der Waals surface area contributed by atoms with Crippen LogP contribution in [0.15, 0.2) is 18.2 Å². The van der Waals surface area contributed by atoms with Crippen molar-refractivity contribution in [2.24, 2.45) is 0 Å². The van der Waals surface area contributed by atoms with Crippen molar-refractivity contribution in [3.63, 3.8) is 0 Å². The number of methoxy groups -OCH3 is 1. The van der Waals surface area contributed by atoms with E-state index in [2.05, 4.69) is 12.2 Å². The summed E-state index contributed by atoms with van der Waals surface area (Å²) in [6.07, 6.45) is 3.44. The van der Waals surface area contributed by atoms with Crippen LogP contribution < -0.4 is 5.32 Å². The third-order valence-corrected chi connectivity index (χ3v) is 3.48. The Morgan fingerprint density at radius 3 is 2.72 bits per heavy atom. The molecule has 1 atom stereocenters. The fourth-order valence-corrected chi connectivity index (χ4v) is 2.28. The lowest BCUT2D eigenvalue weighted by Crippen LogP contribution is -2.20. The molecule has 0 fully saturated rings. The maximum Gasteiger partial charge on any atom is 0.0462 e. The summed E-state index contributed by atoms with van der Waals surface area (Å²) in [4.78, 5) is 0. The van der Waals surface area contributed by atoms with Crippen LogP contribution in [0.5, 0.6) is 0 Å². The second kappa shape index (κ2) is 8.76. The highest BCUT2D eigenvalue weighted by Gasteiger charge is 2.09. The van der Waals surface area contributed by atoms with E-state index in [0.29, 0.717) is 0 Å². The van der Waals surface area contributed by atoms with Crippen molar-refractivity contribution in [3.8, 4) is 0 Å². The van der Waals surface area contributed by atoms with E-state index in [4.69, 9.17) is 27.9 Å². The van der Waals surface area contributed by atoms with Gasteiger partial charge in [-0.25, -0.2) is 0 Å². The number of halogens is 2. The summed E-state index contributed by atoms with van der Waals surface area (Å²) < 4.78 is 5.02. The SMILES string of the molecule is COCCCCCNC(C)c1cc(Cl)ccc1Cl. The van der Waals surface area contributed by atoms with Crippen LogP contribution in [0.25, 0.3) is 0 Å². The van der Waals surface area contributed by atoms with Crippen molar-refractivity contribution in [2.75, 3.05) is 20.3 Å². The fourth-order valence-electron chi connectivity index (χ4n) is 1.82. The first kappa shape index (κ1) is 15.8. The average molecular weight is 290 g/mol. The third-order valence-electron chi connectivity index (χ3n) is 2.90. The highest BCUT2D eigenvalue weighted by molar-refractivity contribution is 6.33. The van der Waals surface area contributed by atoms with Crippen LogP contribution in [0.1, 0.15) is 37.8 Å². The van der Waals surface area contributed by atoms with Gasteiger partial charge in [-0.15, -0.1) is 0 Å². The lowest BCUT2D eigenvalue weighted by molar-refractivity contribution is 0.192. The first-order valence-corrected chi connectivity index (χ1v) is 7.08. The zero-order valence-electron chi connectivity index (χ0n) is 11.0. The number of ether oxygens (including phenoxy) is 1. The van der Waals surface area contributed by atoms with Gasteiger partial charge in [-0.3, -0.25) is 0 Å². The first-order valence-electron chi connectivity index (χ1n) is 6.32. The maximum atomic E-state index is 6.16. The van der Waals surface area contributed by atoms with Crippen LogP contribution in [-0.4, -0.2) is 20.3 Å². The van der Waals surface area contributed by atoms with Gasteiger partial charge in [0.15, 0.2) is 0 Å². The lowest BCUT2D eigenvalue weighted by Gasteiger charge is -2.16. The molecule has 102 valence electrons. The summed E-state index contributed by atoms with van der Waals surface area (Å²) in [6, 6.07) is 5.80. The minimum atomic E-state index is 0.221. The fraction of sp³-hybridized carbons (Fsp3) is 0.571. The Hall–Kier alpha value is -0.280. The van der Waals surface area contributed by atoms with Crippen molar-refractivity contribution < 1.29 is 4.74 Å². The summed E-state index contributed by atoms with van der Waals surface area (Å²) in [5, 5.41) is 4.95. The van der Waals surface area contributed by atoms with Crippen LogP contribution in [0.2, 0.25) is 10.0 Å². The molecular formula is C14H21Cl2NO. The molecule has 0 amide bonds. The Morgan fingerprint density at radius 1 is 1.22 bits per heavy atom. The number of hydrogen-bond donors (Lipinski definition) is 1. The molecule has 0 aliphatic heterocycles. The number of rotatable bonds is 8. The Kier molecular flexibility index (Phi) is 7.68. The summed E-state index contributed by atoms with van der Waals surface area (Å²) in [6.45, 7) is 3.93. The highest BCUT2D eigenvalue weighted by atomic mass is 35.5. The van der Waals surface area contributed by atoms with E-state index < -0.39 is 0 Å². The smallest absolute Gasteiger partial charge is 0.0462 e. The van der Waals surface area contributed by atoms with E-state index >= 15 is 0 Å². The van der Waals surface area contributed by atoms with Gasteiger partial charge in [0.2, 0.25) is 0 Å². The van der Waals surface area contributed by atoms with E-state index in [1.54, 1.807) is 7.11 Å². The van der Waals surface area contributed by atoms with E-state index in [9.17, 15) is 0 Å². The van der Waals surface area contributed by atoms with Gasteiger partial charge < -0.3 is 10.1 Å². The number of nitrogens with one attached hydrogen (secondary N) is 1. The second-order valence-corrected chi connectivity index (χ2v) is 5.24. The van der Waals surface area contributed by atoms with Gasteiger partial charge in [0.25, 0.3) is 0 Å². The number of unbranched alkanes of at least 4 members (excludes halogenated alkanes) is 2. The molecule has 0 saturated carbocycles. The molecule has 1 unspecified atom stereocenters. The Bertz CT molecular complexity index is 358. The molecule has 1 rings (SSSR count). The van der Waals surface area contributed by atoms with Crippen LogP contribution in [-0.2, 0) is 4.74 Å². The van der Waals surface area contributed by atoms with Crippen molar-refractivity contribution >= 4 is 23.2 Å². The molecule has 4 heteroatoms. The molecule has 1 aromatic rings. The molecule has 0 radical (unpaired) electrons. The number of hydrogen-bond acceptors (Lipinski definition) is 2. The van der Waals surface area contributed by atoms with Gasteiger partial charge in [0, 0.05) is 29.8 Å². The van der Waals surface area contributed by atoms with E-state index in [0.717, 1.165) is 41.6 Å². The van der Waals surface area contributed by atoms with Crippen LogP contribution in [0.4, 0.5) is 0 Å². The molecule has 0 saturated heterocycles. The molecular weight excluding hydrogens is 269 g/mol. The molecule has 0 aromatic heterocycles. The Morgan fingerprint density at radius 2 is 2.00 bits per heavy atom. The molecule has 2 nitrogen and oxygen atoms in total. The van der Waals surface area contributed by atoms with Crippen LogP contribution >= 0.6 is 23.2 Å². The predicted molar refractivity (Wildman–Crippen MR) is 78.6 cm³/mol. The topological polar surface area (TPSA) is 21.3 Å². The zero-order valence-corrected chi connectivity index (χ0v) is 12.5. The summed E-state index contributed by atoms with van der Waals surface area (Å²) in [5.41, 5.74) is 1.06. The maximum absolute atomic E-state index is 6.16. The standard InChI is InChI=1S/C14H21Cl2NO/c1-11(17-8-4-3-5-9-18-2)13-10-12(15)6-7-14(13)16/h6-7,10-11,17H,3-5,8-9H2,1-2H3. The third kappa shape index (κ3) is 5.57. The van der Waals surface area contributed by atoms with Crippen molar-refractivity contribution in [1.29, 1.82) is 0 Å². The monoisotopic (exact) mass is 289 g/mol. The second-order valence-electron chi connectivity index (χ2n) is 4.40. The van der Waals surface area contributed by atoms with Crippen molar-refractivity contribution in [1.82, 2.24) is 5.32 Å². The molecule has 0 aliphatic rings. The average Bonchev–Trinajstić information content (AvgIpc) is 2.36. The quantitative estimate of drug-likeness (QED) is 0.714. The molecule has 1 N–H and O–H groups in total. The van der Waals surface area contributed by atoms with Gasteiger partial charge in [-0.2, -0.15) is 0 Å².